The maximum Gasteiger partial charge on any atom is 0.220 e. The Morgan fingerprint density at radius 3 is 2.38 bits per heavy atom. The molecule has 0 aromatic heterocycles. The Labute approximate surface area is 143 Å². The zero-order valence-electron chi connectivity index (χ0n) is 14.3. The van der Waals surface area contributed by atoms with Gasteiger partial charge in [-0.25, -0.2) is 0 Å². The minimum absolute atomic E-state index is 0.116. The van der Waals surface area contributed by atoms with E-state index in [1.54, 1.807) is 12.1 Å². The molecule has 0 unspecified atom stereocenters. The Morgan fingerprint density at radius 2 is 1.79 bits per heavy atom. The van der Waals surface area contributed by atoms with Crippen molar-refractivity contribution in [1.29, 1.82) is 0 Å². The van der Waals surface area contributed by atoms with Gasteiger partial charge < -0.3 is 16.2 Å². The van der Waals surface area contributed by atoms with E-state index in [1.807, 2.05) is 6.07 Å². The van der Waals surface area contributed by atoms with Crippen molar-refractivity contribution in [3.63, 3.8) is 0 Å². The smallest absolute Gasteiger partial charge is 0.220 e. The summed E-state index contributed by atoms with van der Waals surface area (Å²) in [7, 11) is 0. The standard InChI is InChI=1S/C20H28N2O2/c21-17-5-4-13(9-18(17)23)2-1-3-19(24)22-20-10-14-6-15(11-20)8-16(7-14)12-20/h4-5,9,14-16,23H,1-3,6-8,10-12,21H2,(H,22,24). The maximum absolute atomic E-state index is 12.5. The topological polar surface area (TPSA) is 75.4 Å². The average molecular weight is 328 g/mol. The zero-order chi connectivity index (χ0) is 16.7. The normalized spacial score (nSPS) is 33.6. The van der Waals surface area contributed by atoms with Gasteiger partial charge in [0.25, 0.3) is 0 Å². The zero-order valence-corrected chi connectivity index (χ0v) is 14.3. The van der Waals surface area contributed by atoms with E-state index in [4.69, 9.17) is 5.73 Å². The number of hydrogen-bond donors (Lipinski definition) is 3. The van der Waals surface area contributed by atoms with Crippen molar-refractivity contribution in [2.24, 2.45) is 17.8 Å². The maximum atomic E-state index is 12.5. The summed E-state index contributed by atoms with van der Waals surface area (Å²) < 4.78 is 0. The Balaban J connectivity index is 1.28. The lowest BCUT2D eigenvalue weighted by molar-refractivity contribution is -0.126. The van der Waals surface area contributed by atoms with E-state index in [0.29, 0.717) is 12.1 Å². The Kier molecular flexibility index (Phi) is 3.93. The number of amides is 1. The first kappa shape index (κ1) is 15.8. The van der Waals surface area contributed by atoms with Gasteiger partial charge in [-0.1, -0.05) is 6.07 Å². The molecule has 4 nitrogen and oxygen atoms in total. The molecular formula is C20H28N2O2. The third-order valence-electron chi connectivity index (χ3n) is 6.41. The largest absolute Gasteiger partial charge is 0.506 e. The van der Waals surface area contributed by atoms with Crippen LogP contribution in [0.3, 0.4) is 0 Å². The molecule has 0 heterocycles. The van der Waals surface area contributed by atoms with Gasteiger partial charge in [0.1, 0.15) is 5.75 Å². The quantitative estimate of drug-likeness (QED) is 0.573. The number of nitrogen functional groups attached to an aromatic ring is 1. The van der Waals surface area contributed by atoms with Crippen LogP contribution in [0.5, 0.6) is 5.75 Å². The number of rotatable bonds is 5. The predicted octanol–water partition coefficient (Wildman–Crippen LogP) is 3.38. The second-order valence-electron chi connectivity index (χ2n) is 8.49. The van der Waals surface area contributed by atoms with E-state index in [9.17, 15) is 9.90 Å². The summed E-state index contributed by atoms with van der Waals surface area (Å²) in [6.45, 7) is 0. The van der Waals surface area contributed by atoms with Gasteiger partial charge in [0.2, 0.25) is 5.91 Å². The van der Waals surface area contributed by atoms with Crippen molar-refractivity contribution in [2.75, 3.05) is 5.73 Å². The highest BCUT2D eigenvalue weighted by atomic mass is 16.3. The molecule has 0 radical (unpaired) electrons. The van der Waals surface area contributed by atoms with Crippen molar-refractivity contribution in [3.05, 3.63) is 23.8 Å². The summed E-state index contributed by atoms with van der Waals surface area (Å²) in [5, 5.41) is 13.1. The average Bonchev–Trinajstić information content (AvgIpc) is 2.49. The van der Waals surface area contributed by atoms with Crippen LogP contribution >= 0.6 is 0 Å². The molecule has 4 N–H and O–H groups in total. The van der Waals surface area contributed by atoms with Crippen molar-refractivity contribution < 1.29 is 9.90 Å². The number of aromatic hydroxyl groups is 1. The van der Waals surface area contributed by atoms with Gasteiger partial charge >= 0.3 is 0 Å². The van der Waals surface area contributed by atoms with E-state index < -0.39 is 0 Å². The van der Waals surface area contributed by atoms with Crippen LogP contribution in [0.25, 0.3) is 0 Å². The number of phenols is 1. The molecular weight excluding hydrogens is 300 g/mol. The Hall–Kier alpha value is -1.71. The van der Waals surface area contributed by atoms with Crippen LogP contribution in [0.1, 0.15) is 56.9 Å². The number of nitrogens with two attached hydrogens (primary N) is 1. The van der Waals surface area contributed by atoms with Gasteiger partial charge in [-0.3, -0.25) is 4.79 Å². The number of nitrogens with one attached hydrogen (secondary N) is 1. The number of aryl methyl sites for hydroxylation is 1. The SMILES string of the molecule is Nc1ccc(CCCC(=O)NC23CC4CC(CC(C4)C2)C3)cc1O. The van der Waals surface area contributed by atoms with Crippen LogP contribution in [0.2, 0.25) is 0 Å². The van der Waals surface area contributed by atoms with E-state index in [1.165, 1.54) is 38.5 Å². The highest BCUT2D eigenvalue weighted by molar-refractivity contribution is 5.76. The van der Waals surface area contributed by atoms with Crippen molar-refractivity contribution >= 4 is 11.6 Å². The molecule has 0 atom stereocenters. The predicted molar refractivity (Wildman–Crippen MR) is 94.5 cm³/mol. The first-order valence-electron chi connectivity index (χ1n) is 9.40. The van der Waals surface area contributed by atoms with Gasteiger partial charge in [0.05, 0.1) is 5.69 Å². The first-order valence-corrected chi connectivity index (χ1v) is 9.40. The van der Waals surface area contributed by atoms with Crippen LogP contribution in [0.15, 0.2) is 18.2 Å². The van der Waals surface area contributed by atoms with Gasteiger partial charge in [-0.2, -0.15) is 0 Å². The summed E-state index contributed by atoms with van der Waals surface area (Å²) in [5.41, 5.74) is 7.17. The van der Waals surface area contributed by atoms with Crippen LogP contribution < -0.4 is 11.1 Å². The number of hydrogen-bond acceptors (Lipinski definition) is 3. The second kappa shape index (κ2) is 5.98. The molecule has 0 saturated heterocycles. The van der Waals surface area contributed by atoms with E-state index in [0.717, 1.165) is 36.2 Å². The minimum atomic E-state index is 0.116. The summed E-state index contributed by atoms with van der Waals surface area (Å²) in [6, 6.07) is 5.35. The monoisotopic (exact) mass is 328 g/mol. The molecule has 4 aliphatic carbocycles. The molecule has 4 aliphatic rings. The highest BCUT2D eigenvalue weighted by Crippen LogP contribution is 2.55. The van der Waals surface area contributed by atoms with Gasteiger partial charge in [0.15, 0.2) is 0 Å². The third kappa shape index (κ3) is 3.11. The summed E-state index contributed by atoms with van der Waals surface area (Å²) in [4.78, 5) is 12.5. The van der Waals surface area contributed by atoms with E-state index >= 15 is 0 Å². The van der Waals surface area contributed by atoms with Gasteiger partial charge in [0, 0.05) is 12.0 Å². The molecule has 0 aliphatic heterocycles. The highest BCUT2D eigenvalue weighted by Gasteiger charge is 2.51. The fourth-order valence-corrected chi connectivity index (χ4v) is 5.82. The van der Waals surface area contributed by atoms with Crippen molar-refractivity contribution in [1.82, 2.24) is 5.32 Å². The number of phenolic OH excluding ortho intramolecular Hbond substituents is 1. The van der Waals surface area contributed by atoms with Crippen LogP contribution in [-0.2, 0) is 11.2 Å². The number of carbonyl (C=O) groups is 1. The fourth-order valence-electron chi connectivity index (χ4n) is 5.82. The summed E-state index contributed by atoms with van der Waals surface area (Å²) in [6.07, 6.45) is 9.97. The third-order valence-corrected chi connectivity index (χ3v) is 6.41. The minimum Gasteiger partial charge on any atom is -0.506 e. The van der Waals surface area contributed by atoms with Crippen LogP contribution in [0.4, 0.5) is 5.69 Å². The summed E-state index contributed by atoms with van der Waals surface area (Å²) in [5.74, 6) is 2.90. The van der Waals surface area contributed by atoms with E-state index in [2.05, 4.69) is 5.32 Å². The molecule has 4 heteroatoms. The molecule has 1 aromatic carbocycles. The van der Waals surface area contributed by atoms with Crippen molar-refractivity contribution in [3.8, 4) is 5.75 Å². The molecule has 1 aromatic rings. The van der Waals surface area contributed by atoms with E-state index in [-0.39, 0.29) is 17.2 Å². The lowest BCUT2D eigenvalue weighted by atomic mass is 9.53. The molecule has 24 heavy (non-hydrogen) atoms. The Bertz CT molecular complexity index is 605. The first-order chi connectivity index (χ1) is 11.5. The molecule has 4 fully saturated rings. The lowest BCUT2D eigenvalue weighted by Crippen LogP contribution is -2.59. The second-order valence-corrected chi connectivity index (χ2v) is 8.49. The number of benzene rings is 1. The number of carbonyl (C=O) groups excluding carboxylic acids is 1. The Morgan fingerprint density at radius 1 is 1.17 bits per heavy atom. The van der Waals surface area contributed by atoms with Crippen LogP contribution in [0, 0.1) is 17.8 Å². The summed E-state index contributed by atoms with van der Waals surface area (Å²) >= 11 is 0. The molecule has 1 amide bonds. The van der Waals surface area contributed by atoms with Crippen molar-refractivity contribution in [2.45, 2.75) is 63.3 Å². The van der Waals surface area contributed by atoms with Crippen LogP contribution in [-0.4, -0.2) is 16.6 Å². The molecule has 130 valence electrons. The molecule has 5 rings (SSSR count). The van der Waals surface area contributed by atoms with Gasteiger partial charge in [-0.15, -0.1) is 0 Å². The van der Waals surface area contributed by atoms with Gasteiger partial charge in [-0.05, 0) is 86.8 Å². The molecule has 0 spiro atoms. The molecule has 4 bridgehead atoms. The molecule has 4 saturated carbocycles. The lowest BCUT2D eigenvalue weighted by Gasteiger charge is -2.56. The fraction of sp³-hybridized carbons (Fsp3) is 0.650. The number of anilines is 1.